The van der Waals surface area contributed by atoms with Crippen LogP contribution in [-0.2, 0) is 16.6 Å². The second-order valence-electron chi connectivity index (χ2n) is 12.5. The summed E-state index contributed by atoms with van der Waals surface area (Å²) >= 11 is 6.74. The summed E-state index contributed by atoms with van der Waals surface area (Å²) in [6, 6.07) is 11.3. The van der Waals surface area contributed by atoms with Gasteiger partial charge in [0.05, 0.1) is 16.8 Å². The molecule has 5 rings (SSSR count). The number of sulfonamides is 1. The molecule has 11 heteroatoms. The molecule has 1 atom stereocenters. The molecule has 3 aromatic rings. The number of pyridine rings is 1. The van der Waals surface area contributed by atoms with E-state index in [1.54, 1.807) is 26.2 Å². The Hall–Kier alpha value is -2.94. The molecule has 2 saturated heterocycles. The van der Waals surface area contributed by atoms with Crippen LogP contribution in [0.15, 0.2) is 48.9 Å². The molecule has 2 aliphatic rings. The summed E-state index contributed by atoms with van der Waals surface area (Å²) in [5, 5.41) is 0.670. The number of benzene rings is 1. The van der Waals surface area contributed by atoms with Crippen LogP contribution in [0.4, 0.5) is 5.82 Å². The lowest BCUT2D eigenvalue weighted by atomic mass is 9.97. The smallest absolute Gasteiger partial charge is 0.209 e. The zero-order valence-electron chi connectivity index (χ0n) is 26.2. The standard InChI is InChI=1S/C33H44ClN7O2S/c1-5-6-29-24-40(32-30(34)21-27(22-37-32)31-35-15-16-36-31)19-20-41(29)28-12-17-39(18-13-28)23-26-9-7-25(8-10-26)11-14-33(2,3)38-44(4,42)43/h7-10,15-16,21-22,28-29,38H,5-6,12-13,17-20,23-24H2,1-4H3,(H,35,36)/t29-/m0/s1. The molecule has 0 unspecified atom stereocenters. The molecule has 4 heterocycles. The Bertz CT molecular complexity index is 1560. The summed E-state index contributed by atoms with van der Waals surface area (Å²) in [5.41, 5.74) is 2.21. The van der Waals surface area contributed by atoms with Gasteiger partial charge >= 0.3 is 0 Å². The highest BCUT2D eigenvalue weighted by molar-refractivity contribution is 7.88. The van der Waals surface area contributed by atoms with Gasteiger partial charge in [0.1, 0.15) is 11.6 Å². The van der Waals surface area contributed by atoms with Gasteiger partial charge in [0.25, 0.3) is 0 Å². The van der Waals surface area contributed by atoms with Crippen molar-refractivity contribution in [3.63, 3.8) is 0 Å². The molecule has 0 amide bonds. The number of halogens is 1. The van der Waals surface area contributed by atoms with Crippen LogP contribution in [-0.4, -0.2) is 89.8 Å². The Labute approximate surface area is 267 Å². The zero-order valence-corrected chi connectivity index (χ0v) is 27.8. The fraction of sp³-hybridized carbons (Fsp3) is 0.515. The molecule has 2 aromatic heterocycles. The second-order valence-corrected chi connectivity index (χ2v) is 14.7. The number of rotatable bonds is 9. The lowest BCUT2D eigenvalue weighted by Gasteiger charge is -2.48. The van der Waals surface area contributed by atoms with Crippen LogP contribution in [0.2, 0.25) is 5.02 Å². The monoisotopic (exact) mass is 637 g/mol. The molecule has 0 saturated carbocycles. The van der Waals surface area contributed by atoms with Crippen LogP contribution in [0.3, 0.4) is 0 Å². The Morgan fingerprint density at radius 3 is 2.50 bits per heavy atom. The molecule has 2 aliphatic heterocycles. The number of piperidine rings is 1. The summed E-state index contributed by atoms with van der Waals surface area (Å²) in [5.74, 6) is 7.78. The van der Waals surface area contributed by atoms with Gasteiger partial charge < -0.3 is 9.88 Å². The van der Waals surface area contributed by atoms with Crippen molar-refractivity contribution in [1.82, 2.24) is 29.5 Å². The molecular weight excluding hydrogens is 594 g/mol. The first kappa shape index (κ1) is 32.5. The zero-order chi connectivity index (χ0) is 31.3. The van der Waals surface area contributed by atoms with Crippen molar-refractivity contribution in [2.45, 2.75) is 70.6 Å². The van der Waals surface area contributed by atoms with Crippen molar-refractivity contribution >= 4 is 27.4 Å². The van der Waals surface area contributed by atoms with Gasteiger partial charge in [-0.3, -0.25) is 9.80 Å². The minimum atomic E-state index is -3.32. The lowest BCUT2D eigenvalue weighted by Crippen LogP contribution is -2.58. The van der Waals surface area contributed by atoms with E-state index in [1.807, 2.05) is 24.4 Å². The van der Waals surface area contributed by atoms with Gasteiger partial charge in [-0.1, -0.05) is 48.9 Å². The number of hydrogen-bond acceptors (Lipinski definition) is 7. The van der Waals surface area contributed by atoms with Crippen LogP contribution in [0.1, 0.15) is 57.6 Å². The van der Waals surface area contributed by atoms with E-state index in [4.69, 9.17) is 16.6 Å². The molecule has 44 heavy (non-hydrogen) atoms. The number of hydrogen-bond donors (Lipinski definition) is 2. The summed E-state index contributed by atoms with van der Waals surface area (Å²) < 4.78 is 25.7. The van der Waals surface area contributed by atoms with E-state index in [9.17, 15) is 8.42 Å². The molecule has 0 spiro atoms. The third-order valence-electron chi connectivity index (χ3n) is 8.39. The molecule has 9 nitrogen and oxygen atoms in total. The second kappa shape index (κ2) is 14.0. The number of nitrogens with zero attached hydrogens (tertiary/aromatic N) is 5. The largest absolute Gasteiger partial charge is 0.353 e. The first-order chi connectivity index (χ1) is 21.0. The van der Waals surface area contributed by atoms with E-state index in [0.717, 1.165) is 81.1 Å². The lowest BCUT2D eigenvalue weighted by molar-refractivity contribution is 0.0589. The van der Waals surface area contributed by atoms with Gasteiger partial charge in [-0.25, -0.2) is 18.4 Å². The predicted octanol–water partition coefficient (Wildman–Crippen LogP) is 4.76. The van der Waals surface area contributed by atoms with Gasteiger partial charge in [-0.05, 0) is 70.0 Å². The quantitative estimate of drug-likeness (QED) is 0.327. The van der Waals surface area contributed by atoms with Crippen LogP contribution < -0.4 is 9.62 Å². The van der Waals surface area contributed by atoms with E-state index in [0.29, 0.717) is 17.1 Å². The SMILES string of the molecule is CCC[C@H]1CN(c2ncc(-c3ncc[nH]3)cc2Cl)CCN1C1CCN(Cc2ccc(C#CC(C)(C)NS(C)(=O)=O)cc2)CC1. The Morgan fingerprint density at radius 2 is 1.86 bits per heavy atom. The van der Waals surface area contributed by atoms with Crippen LogP contribution in [0.25, 0.3) is 11.4 Å². The number of H-pyrrole nitrogens is 1. The van der Waals surface area contributed by atoms with E-state index < -0.39 is 15.6 Å². The van der Waals surface area contributed by atoms with Gasteiger partial charge in [0.15, 0.2) is 0 Å². The van der Waals surface area contributed by atoms with Gasteiger partial charge in [0, 0.05) is 68.0 Å². The molecule has 1 aromatic carbocycles. The Balaban J connectivity index is 1.14. The highest BCUT2D eigenvalue weighted by atomic mass is 35.5. The molecule has 2 N–H and O–H groups in total. The van der Waals surface area contributed by atoms with E-state index in [2.05, 4.69) is 60.3 Å². The van der Waals surface area contributed by atoms with Gasteiger partial charge in [-0.2, -0.15) is 4.72 Å². The Kier molecular flexibility index (Phi) is 10.3. The van der Waals surface area contributed by atoms with Crippen molar-refractivity contribution in [2.75, 3.05) is 43.9 Å². The summed E-state index contributed by atoms with van der Waals surface area (Å²) in [4.78, 5) is 19.9. The first-order valence-electron chi connectivity index (χ1n) is 15.5. The summed E-state index contributed by atoms with van der Waals surface area (Å²) in [6.07, 6.45) is 11.2. The van der Waals surface area contributed by atoms with E-state index in [1.165, 1.54) is 18.4 Å². The number of piperazine rings is 1. The maximum atomic E-state index is 11.6. The minimum Gasteiger partial charge on any atom is -0.353 e. The van der Waals surface area contributed by atoms with Crippen LogP contribution in [0.5, 0.6) is 0 Å². The van der Waals surface area contributed by atoms with Gasteiger partial charge in [-0.15, -0.1) is 0 Å². The molecular formula is C33H44ClN7O2S. The third kappa shape index (κ3) is 8.61. The number of imidazole rings is 1. The minimum absolute atomic E-state index is 0.485. The predicted molar refractivity (Wildman–Crippen MR) is 178 cm³/mol. The maximum absolute atomic E-state index is 11.6. The number of aromatic nitrogens is 3. The molecule has 2 fully saturated rings. The van der Waals surface area contributed by atoms with Crippen LogP contribution in [0, 0.1) is 11.8 Å². The highest BCUT2D eigenvalue weighted by Crippen LogP contribution is 2.31. The maximum Gasteiger partial charge on any atom is 0.209 e. The van der Waals surface area contributed by atoms with Gasteiger partial charge in [0.2, 0.25) is 10.0 Å². The van der Waals surface area contributed by atoms with Crippen molar-refractivity contribution < 1.29 is 8.42 Å². The van der Waals surface area contributed by atoms with Crippen LogP contribution >= 0.6 is 11.6 Å². The highest BCUT2D eigenvalue weighted by Gasteiger charge is 2.34. The van der Waals surface area contributed by atoms with E-state index >= 15 is 0 Å². The number of likely N-dealkylation sites (tertiary alicyclic amines) is 1. The number of nitrogens with one attached hydrogen (secondary N) is 2. The number of anilines is 1. The summed E-state index contributed by atoms with van der Waals surface area (Å²) in [6.45, 7) is 11.8. The van der Waals surface area contributed by atoms with Crippen molar-refractivity contribution in [3.8, 4) is 23.2 Å². The fourth-order valence-electron chi connectivity index (χ4n) is 6.43. The topological polar surface area (TPSA) is 97.5 Å². The molecule has 0 aliphatic carbocycles. The normalized spacial score (nSPS) is 19.1. The molecule has 0 bridgehead atoms. The van der Waals surface area contributed by atoms with Crippen molar-refractivity contribution in [1.29, 1.82) is 0 Å². The van der Waals surface area contributed by atoms with E-state index in [-0.39, 0.29) is 0 Å². The average Bonchev–Trinajstić information content (AvgIpc) is 3.52. The average molecular weight is 638 g/mol. The Morgan fingerprint density at radius 1 is 1.11 bits per heavy atom. The third-order valence-corrected chi connectivity index (χ3v) is 9.55. The fourth-order valence-corrected chi connectivity index (χ4v) is 7.69. The van der Waals surface area contributed by atoms with Crippen molar-refractivity contribution in [3.05, 3.63) is 65.1 Å². The van der Waals surface area contributed by atoms with Crippen molar-refractivity contribution in [2.24, 2.45) is 0 Å². The first-order valence-corrected chi connectivity index (χ1v) is 17.8. The molecule has 0 radical (unpaired) electrons. The summed E-state index contributed by atoms with van der Waals surface area (Å²) in [7, 11) is -3.32. The number of aromatic amines is 1. The molecule has 236 valence electrons.